The SMILES string of the molecule is CNC(=O)c1ccc(S(=O)(=O)NC2CCC(C)CC2)cc1. The number of hydrogen-bond acceptors (Lipinski definition) is 3. The van der Waals surface area contributed by atoms with Crippen molar-refractivity contribution in [1.82, 2.24) is 10.0 Å². The molecule has 1 aliphatic carbocycles. The van der Waals surface area contributed by atoms with E-state index in [2.05, 4.69) is 17.0 Å². The van der Waals surface area contributed by atoms with Crippen LogP contribution in [0, 0.1) is 5.92 Å². The average molecular weight is 310 g/mol. The van der Waals surface area contributed by atoms with Gasteiger partial charge < -0.3 is 5.32 Å². The molecular formula is C15H22N2O3S. The minimum absolute atomic E-state index is 0.0183. The summed E-state index contributed by atoms with van der Waals surface area (Å²) in [4.78, 5) is 11.6. The molecule has 1 fully saturated rings. The molecule has 0 unspecified atom stereocenters. The van der Waals surface area contributed by atoms with Gasteiger partial charge in [-0.25, -0.2) is 13.1 Å². The van der Waals surface area contributed by atoms with Gasteiger partial charge in [0.05, 0.1) is 4.90 Å². The molecule has 0 aliphatic heterocycles. The van der Waals surface area contributed by atoms with Crippen LogP contribution in [0.2, 0.25) is 0 Å². The second kappa shape index (κ2) is 6.58. The Bertz CT molecular complexity index is 588. The van der Waals surface area contributed by atoms with Crippen LogP contribution in [0.1, 0.15) is 43.0 Å². The van der Waals surface area contributed by atoms with Crippen LogP contribution in [-0.2, 0) is 10.0 Å². The molecule has 2 N–H and O–H groups in total. The maximum atomic E-state index is 12.3. The van der Waals surface area contributed by atoms with Crippen LogP contribution < -0.4 is 10.0 Å². The zero-order valence-corrected chi connectivity index (χ0v) is 13.2. The normalized spacial score (nSPS) is 22.8. The Morgan fingerprint density at radius 3 is 2.19 bits per heavy atom. The highest BCUT2D eigenvalue weighted by Crippen LogP contribution is 2.24. The molecule has 0 bridgehead atoms. The van der Waals surface area contributed by atoms with Gasteiger partial charge in [-0.15, -0.1) is 0 Å². The molecule has 6 heteroatoms. The van der Waals surface area contributed by atoms with Crippen molar-refractivity contribution < 1.29 is 13.2 Å². The van der Waals surface area contributed by atoms with E-state index in [4.69, 9.17) is 0 Å². The predicted octanol–water partition coefficient (Wildman–Crippen LogP) is 1.90. The molecule has 1 amide bonds. The molecule has 0 aromatic heterocycles. The lowest BCUT2D eigenvalue weighted by atomic mass is 9.88. The highest BCUT2D eigenvalue weighted by atomic mass is 32.2. The van der Waals surface area contributed by atoms with E-state index in [0.717, 1.165) is 25.7 Å². The van der Waals surface area contributed by atoms with Crippen molar-refractivity contribution in [3.63, 3.8) is 0 Å². The monoisotopic (exact) mass is 310 g/mol. The molecule has 21 heavy (non-hydrogen) atoms. The summed E-state index contributed by atoms with van der Waals surface area (Å²) in [7, 11) is -1.97. The minimum atomic E-state index is -3.51. The second-order valence-corrected chi connectivity index (χ2v) is 7.40. The van der Waals surface area contributed by atoms with Crippen LogP contribution >= 0.6 is 0 Å². The van der Waals surface area contributed by atoms with Crippen LogP contribution in [0.4, 0.5) is 0 Å². The first kappa shape index (κ1) is 16.0. The second-order valence-electron chi connectivity index (χ2n) is 5.68. The van der Waals surface area contributed by atoms with Gasteiger partial charge in [0.25, 0.3) is 5.91 Å². The van der Waals surface area contributed by atoms with Gasteiger partial charge in [-0.05, 0) is 55.9 Å². The first-order chi connectivity index (χ1) is 9.92. The Morgan fingerprint density at radius 1 is 1.10 bits per heavy atom. The smallest absolute Gasteiger partial charge is 0.251 e. The first-order valence-electron chi connectivity index (χ1n) is 7.27. The molecule has 116 valence electrons. The Hall–Kier alpha value is -1.40. The van der Waals surface area contributed by atoms with Gasteiger partial charge in [-0.3, -0.25) is 4.79 Å². The summed E-state index contributed by atoms with van der Waals surface area (Å²) in [6.07, 6.45) is 3.89. The van der Waals surface area contributed by atoms with Crippen molar-refractivity contribution in [3.05, 3.63) is 29.8 Å². The standard InChI is InChI=1S/C15H22N2O3S/c1-11-3-7-13(8-4-11)17-21(19,20)14-9-5-12(6-10-14)15(18)16-2/h5-6,9-11,13,17H,3-4,7-8H2,1-2H3,(H,16,18). The van der Waals surface area contributed by atoms with E-state index in [0.29, 0.717) is 11.5 Å². The summed E-state index contributed by atoms with van der Waals surface area (Å²) in [5, 5.41) is 2.51. The number of carbonyl (C=O) groups excluding carboxylic acids is 1. The predicted molar refractivity (Wildman–Crippen MR) is 81.6 cm³/mol. The van der Waals surface area contributed by atoms with E-state index >= 15 is 0 Å². The van der Waals surface area contributed by atoms with Crippen LogP contribution in [0.5, 0.6) is 0 Å². The third-order valence-electron chi connectivity index (χ3n) is 3.99. The minimum Gasteiger partial charge on any atom is -0.355 e. The van der Waals surface area contributed by atoms with Gasteiger partial charge in [-0.1, -0.05) is 6.92 Å². The van der Waals surface area contributed by atoms with Gasteiger partial charge >= 0.3 is 0 Å². The summed E-state index contributed by atoms with van der Waals surface area (Å²) in [6, 6.07) is 6.01. The van der Waals surface area contributed by atoms with Gasteiger partial charge in [0.15, 0.2) is 0 Å². The van der Waals surface area contributed by atoms with E-state index in [1.165, 1.54) is 24.3 Å². The molecule has 0 heterocycles. The summed E-state index contributed by atoms with van der Waals surface area (Å²) in [6.45, 7) is 2.20. The van der Waals surface area contributed by atoms with Crippen molar-refractivity contribution in [2.24, 2.45) is 5.92 Å². The Morgan fingerprint density at radius 2 is 1.67 bits per heavy atom. The maximum Gasteiger partial charge on any atom is 0.251 e. The Kier molecular flexibility index (Phi) is 5.00. The van der Waals surface area contributed by atoms with Crippen LogP contribution in [0.3, 0.4) is 0 Å². The number of benzene rings is 1. The molecule has 1 saturated carbocycles. The Labute approximate surface area is 126 Å². The van der Waals surface area contributed by atoms with Crippen molar-refractivity contribution in [2.75, 3.05) is 7.05 Å². The fourth-order valence-electron chi connectivity index (χ4n) is 2.60. The van der Waals surface area contributed by atoms with E-state index in [-0.39, 0.29) is 16.8 Å². The van der Waals surface area contributed by atoms with Gasteiger partial charge in [0.1, 0.15) is 0 Å². The summed E-state index contributed by atoms with van der Waals surface area (Å²) in [5.74, 6) is 0.450. The lowest BCUT2D eigenvalue weighted by Gasteiger charge is -2.26. The van der Waals surface area contributed by atoms with Gasteiger partial charge in [-0.2, -0.15) is 0 Å². The van der Waals surface area contributed by atoms with Crippen molar-refractivity contribution in [3.8, 4) is 0 Å². The van der Waals surface area contributed by atoms with Crippen molar-refractivity contribution >= 4 is 15.9 Å². The lowest BCUT2D eigenvalue weighted by Crippen LogP contribution is -2.37. The molecule has 1 aromatic carbocycles. The maximum absolute atomic E-state index is 12.3. The van der Waals surface area contributed by atoms with Gasteiger partial charge in [0, 0.05) is 18.7 Å². The third kappa shape index (κ3) is 4.04. The summed E-state index contributed by atoms with van der Waals surface area (Å²) < 4.78 is 27.4. The first-order valence-corrected chi connectivity index (χ1v) is 8.75. The number of amides is 1. The molecule has 1 aliphatic rings. The van der Waals surface area contributed by atoms with Crippen molar-refractivity contribution in [1.29, 1.82) is 0 Å². The average Bonchev–Trinajstić information content (AvgIpc) is 2.49. The summed E-state index contributed by atoms with van der Waals surface area (Å²) in [5.41, 5.74) is 0.447. The number of rotatable bonds is 4. The Balaban J connectivity index is 2.07. The third-order valence-corrected chi connectivity index (χ3v) is 5.53. The fourth-order valence-corrected chi connectivity index (χ4v) is 3.90. The highest BCUT2D eigenvalue weighted by molar-refractivity contribution is 7.89. The highest BCUT2D eigenvalue weighted by Gasteiger charge is 2.24. The molecule has 0 atom stereocenters. The lowest BCUT2D eigenvalue weighted by molar-refractivity contribution is 0.0963. The van der Waals surface area contributed by atoms with E-state index in [9.17, 15) is 13.2 Å². The summed E-state index contributed by atoms with van der Waals surface area (Å²) >= 11 is 0. The van der Waals surface area contributed by atoms with Crippen LogP contribution in [0.25, 0.3) is 0 Å². The van der Waals surface area contributed by atoms with Crippen LogP contribution in [0.15, 0.2) is 29.2 Å². The molecule has 2 rings (SSSR count). The number of nitrogens with one attached hydrogen (secondary N) is 2. The van der Waals surface area contributed by atoms with E-state index in [1.807, 2.05) is 0 Å². The molecule has 1 aromatic rings. The molecule has 5 nitrogen and oxygen atoms in total. The van der Waals surface area contributed by atoms with Crippen molar-refractivity contribution in [2.45, 2.75) is 43.5 Å². The molecular weight excluding hydrogens is 288 g/mol. The molecule has 0 spiro atoms. The van der Waals surface area contributed by atoms with Gasteiger partial charge in [0.2, 0.25) is 10.0 Å². The molecule has 0 saturated heterocycles. The quantitative estimate of drug-likeness (QED) is 0.892. The van der Waals surface area contributed by atoms with Crippen LogP contribution in [-0.4, -0.2) is 27.4 Å². The van der Waals surface area contributed by atoms with E-state index < -0.39 is 10.0 Å². The number of hydrogen-bond donors (Lipinski definition) is 2. The zero-order valence-electron chi connectivity index (χ0n) is 12.4. The zero-order chi connectivity index (χ0) is 15.5. The number of carbonyl (C=O) groups is 1. The number of sulfonamides is 1. The fraction of sp³-hybridized carbons (Fsp3) is 0.533. The van der Waals surface area contributed by atoms with E-state index in [1.54, 1.807) is 7.05 Å². The largest absolute Gasteiger partial charge is 0.355 e. The topological polar surface area (TPSA) is 75.3 Å². The molecule has 0 radical (unpaired) electrons.